The first-order valence-electron chi connectivity index (χ1n) is 6.54. The quantitative estimate of drug-likeness (QED) is 0.816. The molecule has 1 aliphatic heterocycles. The molecule has 0 unspecified atom stereocenters. The fourth-order valence-corrected chi connectivity index (χ4v) is 2.66. The summed E-state index contributed by atoms with van der Waals surface area (Å²) in [5, 5.41) is 3.36. The van der Waals surface area contributed by atoms with Gasteiger partial charge in [-0.25, -0.2) is 4.98 Å². The summed E-state index contributed by atoms with van der Waals surface area (Å²) in [5.41, 5.74) is 2.29. The summed E-state index contributed by atoms with van der Waals surface area (Å²) in [6.45, 7) is 5.25. The molecule has 0 radical (unpaired) electrons. The Kier molecular flexibility index (Phi) is 4.15. The number of hydrogen-bond donors (Lipinski definition) is 2. The Morgan fingerprint density at radius 3 is 2.63 bits per heavy atom. The third kappa shape index (κ3) is 3.34. The van der Waals surface area contributed by atoms with Crippen molar-refractivity contribution in [2.45, 2.75) is 6.54 Å². The van der Waals surface area contributed by atoms with Crippen LogP contribution in [0.2, 0.25) is 0 Å². The maximum atomic E-state index is 4.49. The zero-order valence-corrected chi connectivity index (χ0v) is 12.9. The van der Waals surface area contributed by atoms with Crippen molar-refractivity contribution in [1.82, 2.24) is 20.2 Å². The molecule has 0 spiro atoms. The molecule has 0 saturated carbocycles. The average molecular weight is 368 g/mol. The Bertz CT molecular complexity index is 529. The second-order valence-electron chi connectivity index (χ2n) is 4.78. The number of hydrogen-bond acceptors (Lipinski definition) is 3. The number of H-pyrrole nitrogens is 1. The van der Waals surface area contributed by atoms with Crippen molar-refractivity contribution in [3.63, 3.8) is 0 Å². The Balaban J connectivity index is 1.70. The summed E-state index contributed by atoms with van der Waals surface area (Å²) in [7, 11) is 0. The zero-order valence-electron chi connectivity index (χ0n) is 10.7. The van der Waals surface area contributed by atoms with E-state index in [2.05, 4.69) is 67.0 Å². The number of nitrogens with one attached hydrogen (secondary N) is 2. The predicted molar refractivity (Wildman–Crippen MR) is 84.9 cm³/mol. The van der Waals surface area contributed by atoms with Crippen molar-refractivity contribution in [3.8, 4) is 11.3 Å². The maximum Gasteiger partial charge on any atom is 0.120 e. The van der Waals surface area contributed by atoms with Crippen LogP contribution >= 0.6 is 22.6 Å². The number of halogens is 1. The highest BCUT2D eigenvalue weighted by Crippen LogP contribution is 2.18. The maximum absolute atomic E-state index is 4.49. The summed E-state index contributed by atoms with van der Waals surface area (Å²) >= 11 is 2.32. The second kappa shape index (κ2) is 6.02. The Hall–Kier alpha value is -0.920. The fourth-order valence-electron chi connectivity index (χ4n) is 2.30. The first-order valence-corrected chi connectivity index (χ1v) is 7.62. The molecule has 0 amide bonds. The van der Waals surface area contributed by atoms with Gasteiger partial charge in [0, 0.05) is 29.7 Å². The molecule has 4 nitrogen and oxygen atoms in total. The van der Waals surface area contributed by atoms with Crippen molar-refractivity contribution in [2.75, 3.05) is 26.2 Å². The minimum absolute atomic E-state index is 0.909. The molecule has 0 atom stereocenters. The van der Waals surface area contributed by atoms with Crippen LogP contribution in [0.25, 0.3) is 11.3 Å². The fraction of sp³-hybridized carbons (Fsp3) is 0.357. The summed E-state index contributed by atoms with van der Waals surface area (Å²) < 4.78 is 1.25. The van der Waals surface area contributed by atoms with Crippen LogP contribution in [-0.4, -0.2) is 41.0 Å². The van der Waals surface area contributed by atoms with Gasteiger partial charge in [0.15, 0.2) is 0 Å². The standard InChI is InChI=1S/C14H17IN4/c15-12-3-1-11(2-4-12)13-9-17-14(18-13)10-19-7-5-16-6-8-19/h1-4,9,16H,5-8,10H2,(H,17,18). The van der Waals surface area contributed by atoms with Crippen molar-refractivity contribution < 1.29 is 0 Å². The van der Waals surface area contributed by atoms with E-state index >= 15 is 0 Å². The van der Waals surface area contributed by atoms with E-state index in [1.807, 2.05) is 6.20 Å². The molecule has 19 heavy (non-hydrogen) atoms. The summed E-state index contributed by atoms with van der Waals surface area (Å²) in [6.07, 6.45) is 1.93. The number of benzene rings is 1. The molecular weight excluding hydrogens is 351 g/mol. The minimum atomic E-state index is 0.909. The van der Waals surface area contributed by atoms with E-state index in [1.165, 1.54) is 9.13 Å². The van der Waals surface area contributed by atoms with Crippen molar-refractivity contribution in [2.24, 2.45) is 0 Å². The predicted octanol–water partition coefficient (Wildman–Crippen LogP) is 2.09. The van der Waals surface area contributed by atoms with Gasteiger partial charge < -0.3 is 10.3 Å². The normalized spacial score (nSPS) is 16.7. The Morgan fingerprint density at radius 1 is 1.16 bits per heavy atom. The molecule has 3 rings (SSSR count). The molecule has 1 saturated heterocycles. The van der Waals surface area contributed by atoms with E-state index in [-0.39, 0.29) is 0 Å². The second-order valence-corrected chi connectivity index (χ2v) is 6.02. The topological polar surface area (TPSA) is 44.0 Å². The third-order valence-corrected chi connectivity index (χ3v) is 4.09. The number of nitrogens with zero attached hydrogens (tertiary/aromatic N) is 2. The zero-order chi connectivity index (χ0) is 13.1. The highest BCUT2D eigenvalue weighted by atomic mass is 127. The van der Waals surface area contributed by atoms with Crippen molar-refractivity contribution in [1.29, 1.82) is 0 Å². The van der Waals surface area contributed by atoms with Gasteiger partial charge in [0.25, 0.3) is 0 Å². The Labute approximate surface area is 126 Å². The Morgan fingerprint density at radius 2 is 1.89 bits per heavy atom. The van der Waals surface area contributed by atoms with E-state index < -0.39 is 0 Å². The first kappa shape index (κ1) is 13.1. The van der Waals surface area contributed by atoms with Gasteiger partial charge in [-0.05, 0) is 40.3 Å². The van der Waals surface area contributed by atoms with E-state index in [0.717, 1.165) is 44.2 Å². The first-order chi connectivity index (χ1) is 9.31. The molecule has 0 aliphatic carbocycles. The smallest absolute Gasteiger partial charge is 0.120 e. The van der Waals surface area contributed by atoms with Crippen LogP contribution in [0.5, 0.6) is 0 Å². The monoisotopic (exact) mass is 368 g/mol. The van der Waals surface area contributed by atoms with Crippen LogP contribution in [0.4, 0.5) is 0 Å². The summed E-state index contributed by atoms with van der Waals surface area (Å²) in [6, 6.07) is 8.49. The number of piperazine rings is 1. The average Bonchev–Trinajstić information content (AvgIpc) is 2.89. The molecule has 2 heterocycles. The van der Waals surface area contributed by atoms with E-state index in [0.29, 0.717) is 0 Å². The van der Waals surface area contributed by atoms with Crippen LogP contribution in [0.3, 0.4) is 0 Å². The number of aromatic amines is 1. The van der Waals surface area contributed by atoms with Crippen molar-refractivity contribution >= 4 is 22.6 Å². The molecule has 5 heteroatoms. The van der Waals surface area contributed by atoms with Crippen LogP contribution in [0.15, 0.2) is 30.5 Å². The van der Waals surface area contributed by atoms with Gasteiger partial charge in [-0.1, -0.05) is 12.1 Å². The molecule has 1 fully saturated rings. The van der Waals surface area contributed by atoms with Gasteiger partial charge in [0.1, 0.15) is 5.82 Å². The van der Waals surface area contributed by atoms with Crippen LogP contribution < -0.4 is 5.32 Å². The van der Waals surface area contributed by atoms with Gasteiger partial charge in [-0.2, -0.15) is 0 Å². The van der Waals surface area contributed by atoms with E-state index in [9.17, 15) is 0 Å². The minimum Gasteiger partial charge on any atom is -0.341 e. The summed E-state index contributed by atoms with van der Waals surface area (Å²) in [4.78, 5) is 10.3. The van der Waals surface area contributed by atoms with Gasteiger partial charge >= 0.3 is 0 Å². The van der Waals surface area contributed by atoms with Gasteiger partial charge in [-0.15, -0.1) is 0 Å². The largest absolute Gasteiger partial charge is 0.341 e. The molecule has 0 bridgehead atoms. The molecule has 2 aromatic rings. The molecule has 1 aromatic carbocycles. The number of imidazole rings is 1. The molecule has 2 N–H and O–H groups in total. The molecule has 100 valence electrons. The van der Waals surface area contributed by atoms with Crippen LogP contribution in [0, 0.1) is 3.57 Å². The number of aromatic nitrogens is 2. The molecule has 1 aliphatic rings. The lowest BCUT2D eigenvalue weighted by Crippen LogP contribution is -2.43. The third-order valence-electron chi connectivity index (χ3n) is 3.37. The highest BCUT2D eigenvalue weighted by Gasteiger charge is 2.12. The molecule has 1 aromatic heterocycles. The lowest BCUT2D eigenvalue weighted by molar-refractivity contribution is 0.228. The van der Waals surface area contributed by atoms with Gasteiger partial charge in [-0.3, -0.25) is 4.90 Å². The van der Waals surface area contributed by atoms with Gasteiger partial charge in [0.05, 0.1) is 18.4 Å². The SMILES string of the molecule is Ic1ccc(-c2cnc(CN3CCNCC3)[nH]2)cc1. The van der Waals surface area contributed by atoms with Gasteiger partial charge in [0.2, 0.25) is 0 Å². The van der Waals surface area contributed by atoms with E-state index in [4.69, 9.17) is 0 Å². The molecular formula is C14H17IN4. The highest BCUT2D eigenvalue weighted by molar-refractivity contribution is 14.1. The summed E-state index contributed by atoms with van der Waals surface area (Å²) in [5.74, 6) is 1.05. The number of rotatable bonds is 3. The lowest BCUT2D eigenvalue weighted by atomic mass is 10.2. The lowest BCUT2D eigenvalue weighted by Gasteiger charge is -2.26. The van der Waals surface area contributed by atoms with Crippen LogP contribution in [0.1, 0.15) is 5.82 Å². The van der Waals surface area contributed by atoms with Crippen molar-refractivity contribution in [3.05, 3.63) is 39.9 Å². The van der Waals surface area contributed by atoms with Crippen LogP contribution in [-0.2, 0) is 6.54 Å². The van der Waals surface area contributed by atoms with E-state index in [1.54, 1.807) is 0 Å².